The van der Waals surface area contributed by atoms with E-state index in [0.29, 0.717) is 24.0 Å². The number of allylic oxidation sites excluding steroid dienone is 1. The molecule has 0 saturated heterocycles. The summed E-state index contributed by atoms with van der Waals surface area (Å²) in [7, 11) is 1.33. The predicted molar refractivity (Wildman–Crippen MR) is 64.4 cm³/mol. The minimum atomic E-state index is -0.449. The summed E-state index contributed by atoms with van der Waals surface area (Å²) < 4.78 is 6.10. The van der Waals surface area contributed by atoms with Crippen molar-refractivity contribution in [2.75, 3.05) is 7.11 Å². The minimum absolute atomic E-state index is 0.137. The summed E-state index contributed by atoms with van der Waals surface area (Å²) in [5.41, 5.74) is 0.213. The van der Waals surface area contributed by atoms with E-state index in [-0.39, 0.29) is 17.6 Å². The largest absolute Gasteiger partial charge is 0.466 e. The molecule has 96 valence electrons. The van der Waals surface area contributed by atoms with E-state index in [1.807, 2.05) is 0 Å². The third-order valence-corrected chi connectivity index (χ3v) is 3.08. The molecular formula is C12H14N2O4. The van der Waals surface area contributed by atoms with Gasteiger partial charge in [0.2, 0.25) is 0 Å². The second-order valence-corrected chi connectivity index (χ2v) is 4.29. The number of methoxy groups -OCH3 is 1. The van der Waals surface area contributed by atoms with Crippen LogP contribution in [0.2, 0.25) is 0 Å². The third-order valence-electron chi connectivity index (χ3n) is 3.08. The van der Waals surface area contributed by atoms with E-state index in [1.54, 1.807) is 13.0 Å². The van der Waals surface area contributed by atoms with Gasteiger partial charge in [-0.3, -0.25) is 14.3 Å². The average Bonchev–Trinajstić information content (AvgIpc) is 2.82. The van der Waals surface area contributed by atoms with Gasteiger partial charge in [-0.1, -0.05) is 6.08 Å². The fraction of sp³-hybridized carbons (Fsp3) is 0.417. The van der Waals surface area contributed by atoms with Crippen LogP contribution in [0.5, 0.6) is 0 Å². The van der Waals surface area contributed by atoms with Crippen molar-refractivity contribution in [3.8, 4) is 0 Å². The Balaban J connectivity index is 2.27. The highest BCUT2D eigenvalue weighted by molar-refractivity contribution is 5.88. The maximum absolute atomic E-state index is 11.7. The second kappa shape index (κ2) is 4.64. The van der Waals surface area contributed by atoms with Gasteiger partial charge in [-0.2, -0.15) is 0 Å². The predicted octanol–water partition coefficient (Wildman–Crippen LogP) is 0.279. The zero-order valence-corrected chi connectivity index (χ0v) is 10.2. The number of ether oxygens (including phenoxy) is 1. The number of hydrogen-bond donors (Lipinski definition) is 1. The molecule has 1 aliphatic rings. The van der Waals surface area contributed by atoms with Crippen molar-refractivity contribution < 1.29 is 9.53 Å². The van der Waals surface area contributed by atoms with Crippen molar-refractivity contribution in [1.82, 2.24) is 9.55 Å². The first-order chi connectivity index (χ1) is 8.52. The number of H-pyrrole nitrogens is 1. The number of esters is 1. The van der Waals surface area contributed by atoms with Gasteiger partial charge >= 0.3 is 11.7 Å². The van der Waals surface area contributed by atoms with Crippen LogP contribution in [0.3, 0.4) is 0 Å². The van der Waals surface area contributed by atoms with E-state index >= 15 is 0 Å². The van der Waals surface area contributed by atoms with Crippen LogP contribution in [0, 0.1) is 6.92 Å². The van der Waals surface area contributed by atoms with E-state index in [9.17, 15) is 14.4 Å². The molecule has 1 aromatic heterocycles. The van der Waals surface area contributed by atoms with E-state index in [1.165, 1.54) is 17.9 Å². The monoisotopic (exact) mass is 250 g/mol. The molecule has 6 nitrogen and oxygen atoms in total. The van der Waals surface area contributed by atoms with Crippen LogP contribution in [0.4, 0.5) is 0 Å². The molecule has 0 bridgehead atoms. The van der Waals surface area contributed by atoms with E-state index in [2.05, 4.69) is 9.72 Å². The Kier molecular flexibility index (Phi) is 3.18. The van der Waals surface area contributed by atoms with Gasteiger partial charge < -0.3 is 4.74 Å². The quantitative estimate of drug-likeness (QED) is 0.764. The van der Waals surface area contributed by atoms with Crippen LogP contribution in [0.1, 0.15) is 24.4 Å². The van der Waals surface area contributed by atoms with Gasteiger partial charge in [0.25, 0.3) is 5.56 Å². The SMILES string of the molecule is COC(=O)C1=CC[C@H](n2cc(C)c(=O)[nH]c2=O)C1. The molecule has 0 saturated carbocycles. The topological polar surface area (TPSA) is 81.2 Å². The molecule has 0 amide bonds. The van der Waals surface area contributed by atoms with Crippen LogP contribution in [0.15, 0.2) is 27.4 Å². The summed E-state index contributed by atoms with van der Waals surface area (Å²) in [6.07, 6.45) is 4.32. The van der Waals surface area contributed by atoms with Crippen molar-refractivity contribution in [3.63, 3.8) is 0 Å². The Labute approximate surface area is 103 Å². The third kappa shape index (κ3) is 2.13. The molecule has 18 heavy (non-hydrogen) atoms. The number of aromatic nitrogens is 2. The number of aryl methyl sites for hydroxylation is 1. The molecular weight excluding hydrogens is 236 g/mol. The van der Waals surface area contributed by atoms with E-state index in [4.69, 9.17) is 0 Å². The van der Waals surface area contributed by atoms with Gasteiger partial charge in [0, 0.05) is 29.8 Å². The number of carbonyl (C=O) groups excluding carboxylic acids is 1. The van der Waals surface area contributed by atoms with Crippen LogP contribution in [-0.2, 0) is 9.53 Å². The first-order valence-electron chi connectivity index (χ1n) is 5.62. The number of nitrogens with one attached hydrogen (secondary N) is 1. The first-order valence-corrected chi connectivity index (χ1v) is 5.62. The van der Waals surface area contributed by atoms with Crippen molar-refractivity contribution in [2.24, 2.45) is 0 Å². The van der Waals surface area contributed by atoms with Crippen LogP contribution < -0.4 is 11.2 Å². The number of nitrogens with zero attached hydrogens (tertiary/aromatic N) is 1. The van der Waals surface area contributed by atoms with Crippen LogP contribution >= 0.6 is 0 Å². The average molecular weight is 250 g/mol. The highest BCUT2D eigenvalue weighted by Crippen LogP contribution is 2.28. The van der Waals surface area contributed by atoms with Crippen molar-refractivity contribution >= 4 is 5.97 Å². The number of carbonyl (C=O) groups is 1. The molecule has 1 atom stereocenters. The molecule has 0 radical (unpaired) electrons. The number of rotatable bonds is 2. The fourth-order valence-electron chi connectivity index (χ4n) is 2.07. The van der Waals surface area contributed by atoms with Gasteiger partial charge in [0.15, 0.2) is 0 Å². The van der Waals surface area contributed by atoms with E-state index < -0.39 is 5.69 Å². The Morgan fingerprint density at radius 2 is 2.22 bits per heavy atom. The zero-order valence-electron chi connectivity index (χ0n) is 10.2. The van der Waals surface area contributed by atoms with Gasteiger partial charge in [-0.15, -0.1) is 0 Å². The summed E-state index contributed by atoms with van der Waals surface area (Å²) in [4.78, 5) is 36.6. The Bertz CT molecular complexity index is 624. The van der Waals surface area contributed by atoms with Crippen molar-refractivity contribution in [3.05, 3.63) is 44.2 Å². The highest BCUT2D eigenvalue weighted by atomic mass is 16.5. The van der Waals surface area contributed by atoms with Gasteiger partial charge in [-0.25, -0.2) is 9.59 Å². The maximum atomic E-state index is 11.7. The summed E-state index contributed by atoms with van der Waals surface area (Å²) in [5.74, 6) is -0.369. The van der Waals surface area contributed by atoms with Crippen molar-refractivity contribution in [1.29, 1.82) is 0 Å². The second-order valence-electron chi connectivity index (χ2n) is 4.29. The standard InChI is InChI=1S/C12H14N2O4/c1-7-6-14(12(17)13-10(7)15)9-4-3-8(5-9)11(16)18-2/h3,6,9H,4-5H2,1-2H3,(H,13,15,17)/t9-/m0/s1. The molecule has 1 N–H and O–H groups in total. The van der Waals surface area contributed by atoms with Gasteiger partial charge in [0.1, 0.15) is 0 Å². The fourth-order valence-corrected chi connectivity index (χ4v) is 2.07. The summed E-state index contributed by atoms with van der Waals surface area (Å²) >= 11 is 0. The van der Waals surface area contributed by atoms with Gasteiger partial charge in [0.05, 0.1) is 7.11 Å². The molecule has 2 rings (SSSR count). The first kappa shape index (κ1) is 12.3. The van der Waals surface area contributed by atoms with E-state index in [0.717, 1.165) is 0 Å². The lowest BCUT2D eigenvalue weighted by Crippen LogP contribution is -2.32. The minimum Gasteiger partial charge on any atom is -0.466 e. The molecule has 0 aliphatic heterocycles. The van der Waals surface area contributed by atoms with Crippen molar-refractivity contribution in [2.45, 2.75) is 25.8 Å². The smallest absolute Gasteiger partial charge is 0.333 e. The zero-order chi connectivity index (χ0) is 13.3. The van der Waals surface area contributed by atoms with Gasteiger partial charge in [-0.05, 0) is 13.3 Å². The molecule has 0 fully saturated rings. The normalized spacial score (nSPS) is 18.6. The highest BCUT2D eigenvalue weighted by Gasteiger charge is 2.24. The summed E-state index contributed by atoms with van der Waals surface area (Å²) in [6, 6.07) is -0.137. The molecule has 6 heteroatoms. The van der Waals surface area contributed by atoms with Crippen LogP contribution in [0.25, 0.3) is 0 Å². The molecule has 0 aromatic carbocycles. The summed E-state index contributed by atoms with van der Waals surface area (Å²) in [5, 5.41) is 0. The Morgan fingerprint density at radius 1 is 1.50 bits per heavy atom. The summed E-state index contributed by atoms with van der Waals surface area (Å²) in [6.45, 7) is 1.64. The molecule has 1 heterocycles. The molecule has 0 unspecified atom stereocenters. The molecule has 0 spiro atoms. The maximum Gasteiger partial charge on any atom is 0.333 e. The lowest BCUT2D eigenvalue weighted by atomic mass is 10.2. The lowest BCUT2D eigenvalue weighted by Gasteiger charge is -2.13. The lowest BCUT2D eigenvalue weighted by molar-refractivity contribution is -0.136. The Morgan fingerprint density at radius 3 is 2.89 bits per heavy atom. The van der Waals surface area contributed by atoms with Crippen LogP contribution in [-0.4, -0.2) is 22.6 Å². The Hall–Kier alpha value is -2.11. The number of hydrogen-bond acceptors (Lipinski definition) is 4. The number of aromatic amines is 1. The molecule has 1 aliphatic carbocycles. The molecule has 1 aromatic rings.